The number of esters is 1. The molecule has 0 aromatic heterocycles. The molecule has 1 aliphatic heterocycles. The summed E-state index contributed by atoms with van der Waals surface area (Å²) in [5.41, 5.74) is 0. The zero-order valence-corrected chi connectivity index (χ0v) is 6.95. The minimum Gasteiger partial charge on any atom is -0.464 e. The molecule has 1 aliphatic rings. The Morgan fingerprint density at radius 2 is 2.60 bits per heavy atom. The van der Waals surface area contributed by atoms with Crippen LogP contribution in [-0.2, 0) is 9.53 Å². The number of ether oxygens (including phenoxy) is 1. The zero-order valence-electron chi connectivity index (χ0n) is 6.13. The minimum atomic E-state index is -0.0337. The Morgan fingerprint density at radius 1 is 1.80 bits per heavy atom. The van der Waals surface area contributed by atoms with Crippen molar-refractivity contribution in [2.24, 2.45) is 0 Å². The zero-order chi connectivity index (χ0) is 7.40. The Balaban J connectivity index is 2.12. The Morgan fingerprint density at radius 3 is 3.10 bits per heavy atom. The molecule has 0 spiro atoms. The van der Waals surface area contributed by atoms with Crippen LogP contribution in [0.2, 0.25) is 0 Å². The monoisotopic (exact) mass is 160 g/mol. The summed E-state index contributed by atoms with van der Waals surface area (Å²) in [6.45, 7) is 2.77. The lowest BCUT2D eigenvalue weighted by molar-refractivity contribution is -0.137. The summed E-state index contributed by atoms with van der Waals surface area (Å²) in [4.78, 5) is 10.6. The van der Waals surface area contributed by atoms with E-state index in [-0.39, 0.29) is 5.97 Å². The predicted octanol–water partition coefficient (Wildman–Crippen LogP) is 1.45. The Bertz CT molecular complexity index is 125. The molecule has 10 heavy (non-hydrogen) atoms. The van der Waals surface area contributed by atoms with E-state index in [1.807, 2.05) is 11.8 Å². The molecular weight excluding hydrogens is 148 g/mol. The second kappa shape index (κ2) is 3.86. The van der Waals surface area contributed by atoms with E-state index in [0.29, 0.717) is 18.3 Å². The first kappa shape index (κ1) is 7.92. The van der Waals surface area contributed by atoms with E-state index < -0.39 is 0 Å². The molecule has 1 atom stereocenters. The van der Waals surface area contributed by atoms with E-state index in [1.54, 1.807) is 0 Å². The van der Waals surface area contributed by atoms with Crippen molar-refractivity contribution in [2.45, 2.75) is 25.0 Å². The second-order valence-corrected chi connectivity index (χ2v) is 3.79. The van der Waals surface area contributed by atoms with Crippen LogP contribution in [0.3, 0.4) is 0 Å². The summed E-state index contributed by atoms with van der Waals surface area (Å²) in [6, 6.07) is 0. The van der Waals surface area contributed by atoms with Crippen LogP contribution in [0.15, 0.2) is 0 Å². The molecule has 1 unspecified atom stereocenters. The van der Waals surface area contributed by atoms with Crippen molar-refractivity contribution >= 4 is 17.7 Å². The molecule has 0 amide bonds. The first-order chi connectivity index (χ1) is 4.83. The third-order valence-corrected chi connectivity index (χ3v) is 2.80. The maximum Gasteiger partial charge on any atom is 0.307 e. The van der Waals surface area contributed by atoms with Crippen molar-refractivity contribution in [3.8, 4) is 0 Å². The number of rotatable bonds is 3. The van der Waals surface area contributed by atoms with Crippen LogP contribution in [0.4, 0.5) is 0 Å². The van der Waals surface area contributed by atoms with Gasteiger partial charge < -0.3 is 4.74 Å². The average molecular weight is 160 g/mol. The maximum atomic E-state index is 10.6. The van der Waals surface area contributed by atoms with E-state index in [0.717, 1.165) is 5.75 Å². The Kier molecular flexibility index (Phi) is 3.06. The fourth-order valence-corrected chi connectivity index (χ4v) is 1.87. The normalized spacial score (nSPS) is 24.9. The van der Waals surface area contributed by atoms with E-state index >= 15 is 0 Å². The second-order valence-electron chi connectivity index (χ2n) is 2.38. The molecule has 3 heteroatoms. The molecule has 1 heterocycles. The smallest absolute Gasteiger partial charge is 0.307 e. The van der Waals surface area contributed by atoms with Gasteiger partial charge in [-0.1, -0.05) is 6.92 Å². The van der Waals surface area contributed by atoms with Gasteiger partial charge in [0.25, 0.3) is 0 Å². The van der Waals surface area contributed by atoms with Crippen molar-refractivity contribution in [3.63, 3.8) is 0 Å². The highest BCUT2D eigenvalue weighted by atomic mass is 32.2. The molecule has 0 radical (unpaired) electrons. The van der Waals surface area contributed by atoms with Gasteiger partial charge in [-0.05, 0) is 12.2 Å². The molecule has 0 aromatic carbocycles. The molecular formula is C7H12O2S. The van der Waals surface area contributed by atoms with Crippen LogP contribution < -0.4 is 0 Å². The van der Waals surface area contributed by atoms with Crippen molar-refractivity contribution in [2.75, 3.05) is 12.4 Å². The van der Waals surface area contributed by atoms with Crippen molar-refractivity contribution in [3.05, 3.63) is 0 Å². The highest BCUT2D eigenvalue weighted by Gasteiger charge is 2.23. The number of carbonyl (C=O) groups excluding carboxylic acids is 1. The van der Waals surface area contributed by atoms with Gasteiger partial charge >= 0.3 is 5.97 Å². The van der Waals surface area contributed by atoms with Gasteiger partial charge in [0.15, 0.2) is 0 Å². The van der Waals surface area contributed by atoms with Gasteiger partial charge in [0.05, 0.1) is 6.42 Å². The van der Waals surface area contributed by atoms with Crippen molar-refractivity contribution in [1.29, 1.82) is 0 Å². The SMILES string of the molecule is CCCSC1COC(=O)C1. The maximum absolute atomic E-state index is 10.6. The van der Waals surface area contributed by atoms with Crippen molar-refractivity contribution in [1.82, 2.24) is 0 Å². The summed E-state index contributed by atoms with van der Waals surface area (Å²) in [5.74, 6) is 1.11. The van der Waals surface area contributed by atoms with Gasteiger partial charge in [0.1, 0.15) is 6.61 Å². The van der Waals surface area contributed by atoms with Crippen LogP contribution >= 0.6 is 11.8 Å². The summed E-state index contributed by atoms with van der Waals surface area (Å²) >= 11 is 1.84. The van der Waals surface area contributed by atoms with Gasteiger partial charge in [-0.3, -0.25) is 4.79 Å². The first-order valence-electron chi connectivity index (χ1n) is 3.60. The van der Waals surface area contributed by atoms with Crippen molar-refractivity contribution < 1.29 is 9.53 Å². The predicted molar refractivity (Wildman–Crippen MR) is 42.1 cm³/mol. The van der Waals surface area contributed by atoms with Crippen LogP contribution in [-0.4, -0.2) is 23.6 Å². The lowest BCUT2D eigenvalue weighted by Gasteiger charge is -2.02. The highest BCUT2D eigenvalue weighted by molar-refractivity contribution is 7.99. The molecule has 2 nitrogen and oxygen atoms in total. The fourth-order valence-electron chi connectivity index (χ4n) is 0.881. The van der Waals surface area contributed by atoms with E-state index in [4.69, 9.17) is 4.74 Å². The molecule has 58 valence electrons. The number of thioether (sulfide) groups is 1. The fraction of sp³-hybridized carbons (Fsp3) is 0.857. The summed E-state index contributed by atoms with van der Waals surface area (Å²) in [7, 11) is 0. The van der Waals surface area contributed by atoms with Gasteiger partial charge in [-0.2, -0.15) is 11.8 Å². The molecule has 0 aromatic rings. The standard InChI is InChI=1S/C7H12O2S/c1-2-3-10-6-4-7(8)9-5-6/h6H,2-5H2,1H3. The lowest BCUT2D eigenvalue weighted by atomic mass is 10.4. The molecule has 1 fully saturated rings. The molecule has 0 saturated carbocycles. The third kappa shape index (κ3) is 2.21. The number of carbonyl (C=O) groups is 1. The third-order valence-electron chi connectivity index (χ3n) is 1.38. The average Bonchev–Trinajstić information content (AvgIpc) is 2.31. The Labute approximate surface area is 65.3 Å². The van der Waals surface area contributed by atoms with E-state index in [9.17, 15) is 4.79 Å². The number of hydrogen-bond donors (Lipinski definition) is 0. The first-order valence-corrected chi connectivity index (χ1v) is 4.65. The highest BCUT2D eigenvalue weighted by Crippen LogP contribution is 2.21. The molecule has 0 aliphatic carbocycles. The minimum absolute atomic E-state index is 0.0337. The lowest BCUT2D eigenvalue weighted by Crippen LogP contribution is -2.01. The van der Waals surface area contributed by atoms with Crippen LogP contribution in [0.1, 0.15) is 19.8 Å². The molecule has 0 N–H and O–H groups in total. The summed E-state index contributed by atoms with van der Waals surface area (Å²) in [5, 5.41) is 0.437. The number of hydrogen-bond acceptors (Lipinski definition) is 3. The van der Waals surface area contributed by atoms with Gasteiger partial charge in [0.2, 0.25) is 0 Å². The topological polar surface area (TPSA) is 26.3 Å². The van der Waals surface area contributed by atoms with Crippen LogP contribution in [0, 0.1) is 0 Å². The molecule has 0 bridgehead atoms. The summed E-state index contributed by atoms with van der Waals surface area (Å²) in [6.07, 6.45) is 1.79. The van der Waals surface area contributed by atoms with E-state index in [2.05, 4.69) is 6.92 Å². The van der Waals surface area contributed by atoms with Gasteiger partial charge in [-0.15, -0.1) is 0 Å². The van der Waals surface area contributed by atoms with Gasteiger partial charge in [-0.25, -0.2) is 0 Å². The largest absolute Gasteiger partial charge is 0.464 e. The van der Waals surface area contributed by atoms with Crippen LogP contribution in [0.25, 0.3) is 0 Å². The quantitative estimate of drug-likeness (QED) is 0.584. The molecule has 1 rings (SSSR count). The number of cyclic esters (lactones) is 1. The van der Waals surface area contributed by atoms with Gasteiger partial charge in [0, 0.05) is 5.25 Å². The summed E-state index contributed by atoms with van der Waals surface area (Å²) < 4.78 is 4.80. The Hall–Kier alpha value is -0.180. The van der Waals surface area contributed by atoms with Crippen LogP contribution in [0.5, 0.6) is 0 Å². The van der Waals surface area contributed by atoms with E-state index in [1.165, 1.54) is 6.42 Å². The molecule has 1 saturated heterocycles.